The van der Waals surface area contributed by atoms with Crippen LogP contribution in [0.5, 0.6) is 5.75 Å². The van der Waals surface area contributed by atoms with Crippen molar-refractivity contribution >= 4 is 17.4 Å². The van der Waals surface area contributed by atoms with Crippen LogP contribution in [0.3, 0.4) is 0 Å². The normalized spacial score (nSPS) is 11.4. The van der Waals surface area contributed by atoms with Crippen molar-refractivity contribution in [1.82, 2.24) is 14.6 Å². The summed E-state index contributed by atoms with van der Waals surface area (Å²) < 4.78 is 12.1. The SMILES string of the molecule is COc1cccc(-c2nc3cc(NC(=O)OC(C)(C)C)ccn3n2)c1. The van der Waals surface area contributed by atoms with Gasteiger partial charge in [-0.15, -0.1) is 5.10 Å². The van der Waals surface area contributed by atoms with Crippen LogP contribution in [0.25, 0.3) is 17.0 Å². The number of rotatable bonds is 3. The number of benzene rings is 1. The number of anilines is 1. The van der Waals surface area contributed by atoms with E-state index in [0.717, 1.165) is 11.3 Å². The molecule has 3 rings (SSSR count). The molecule has 2 heterocycles. The number of methoxy groups -OCH3 is 1. The second-order valence-electron chi connectivity index (χ2n) is 6.51. The topological polar surface area (TPSA) is 77.8 Å². The molecule has 0 unspecified atom stereocenters. The second kappa shape index (κ2) is 6.43. The van der Waals surface area contributed by atoms with Gasteiger partial charge in [0.2, 0.25) is 0 Å². The van der Waals surface area contributed by atoms with Crippen LogP contribution in [-0.2, 0) is 4.74 Å². The molecule has 7 nitrogen and oxygen atoms in total. The molecule has 0 fully saturated rings. The van der Waals surface area contributed by atoms with Gasteiger partial charge < -0.3 is 9.47 Å². The zero-order valence-corrected chi connectivity index (χ0v) is 14.6. The van der Waals surface area contributed by atoms with Crippen LogP contribution in [0.2, 0.25) is 0 Å². The van der Waals surface area contributed by atoms with Gasteiger partial charge in [0.25, 0.3) is 0 Å². The third kappa shape index (κ3) is 4.06. The Balaban J connectivity index is 1.85. The summed E-state index contributed by atoms with van der Waals surface area (Å²) in [6.07, 6.45) is 1.22. The van der Waals surface area contributed by atoms with Crippen molar-refractivity contribution in [3.05, 3.63) is 42.6 Å². The van der Waals surface area contributed by atoms with Crippen LogP contribution >= 0.6 is 0 Å². The Labute approximate surface area is 145 Å². The highest BCUT2D eigenvalue weighted by Crippen LogP contribution is 2.22. The van der Waals surface area contributed by atoms with E-state index in [4.69, 9.17) is 9.47 Å². The molecule has 0 aliphatic rings. The number of hydrogen-bond acceptors (Lipinski definition) is 5. The molecule has 25 heavy (non-hydrogen) atoms. The van der Waals surface area contributed by atoms with Crippen molar-refractivity contribution in [1.29, 1.82) is 0 Å². The first-order valence-corrected chi connectivity index (χ1v) is 7.85. The van der Waals surface area contributed by atoms with Crippen molar-refractivity contribution in [2.75, 3.05) is 12.4 Å². The molecular weight excluding hydrogens is 320 g/mol. The van der Waals surface area contributed by atoms with Gasteiger partial charge in [0, 0.05) is 23.5 Å². The lowest BCUT2D eigenvalue weighted by Crippen LogP contribution is -2.27. The van der Waals surface area contributed by atoms with Crippen molar-refractivity contribution in [3.8, 4) is 17.1 Å². The van der Waals surface area contributed by atoms with E-state index in [1.165, 1.54) is 0 Å². The van der Waals surface area contributed by atoms with Gasteiger partial charge in [-0.1, -0.05) is 12.1 Å². The maximum Gasteiger partial charge on any atom is 0.412 e. The van der Waals surface area contributed by atoms with Crippen molar-refractivity contribution < 1.29 is 14.3 Å². The molecule has 7 heteroatoms. The van der Waals surface area contributed by atoms with E-state index in [1.54, 1.807) is 30.0 Å². The largest absolute Gasteiger partial charge is 0.497 e. The first-order chi connectivity index (χ1) is 11.8. The predicted molar refractivity (Wildman–Crippen MR) is 94.8 cm³/mol. The summed E-state index contributed by atoms with van der Waals surface area (Å²) in [5.41, 5.74) is 1.50. The highest BCUT2D eigenvalue weighted by Gasteiger charge is 2.16. The molecule has 130 valence electrons. The fourth-order valence-corrected chi connectivity index (χ4v) is 2.27. The zero-order valence-electron chi connectivity index (χ0n) is 14.6. The first kappa shape index (κ1) is 16.8. The van der Waals surface area contributed by atoms with E-state index >= 15 is 0 Å². The number of carbonyl (C=O) groups is 1. The van der Waals surface area contributed by atoms with E-state index < -0.39 is 11.7 Å². The maximum absolute atomic E-state index is 11.9. The Bertz CT molecular complexity index is 912. The lowest BCUT2D eigenvalue weighted by molar-refractivity contribution is 0.0636. The summed E-state index contributed by atoms with van der Waals surface area (Å²) in [6, 6.07) is 11.0. The van der Waals surface area contributed by atoms with Crippen LogP contribution in [0.4, 0.5) is 10.5 Å². The van der Waals surface area contributed by atoms with Gasteiger partial charge in [-0.05, 0) is 39.0 Å². The van der Waals surface area contributed by atoms with Gasteiger partial charge in [0.05, 0.1) is 7.11 Å². The predicted octanol–water partition coefficient (Wildman–Crippen LogP) is 3.75. The van der Waals surface area contributed by atoms with Gasteiger partial charge in [0.15, 0.2) is 11.5 Å². The first-order valence-electron chi connectivity index (χ1n) is 7.85. The lowest BCUT2D eigenvalue weighted by Gasteiger charge is -2.19. The minimum absolute atomic E-state index is 0.510. The van der Waals surface area contributed by atoms with Gasteiger partial charge in [-0.25, -0.2) is 14.3 Å². The minimum Gasteiger partial charge on any atom is -0.497 e. The summed E-state index contributed by atoms with van der Waals surface area (Å²) in [6.45, 7) is 5.44. The lowest BCUT2D eigenvalue weighted by atomic mass is 10.2. The van der Waals surface area contributed by atoms with Crippen molar-refractivity contribution in [2.24, 2.45) is 0 Å². The van der Waals surface area contributed by atoms with E-state index in [9.17, 15) is 4.79 Å². The number of nitrogens with one attached hydrogen (secondary N) is 1. The third-order valence-electron chi connectivity index (χ3n) is 3.31. The molecule has 0 spiro atoms. The van der Waals surface area contributed by atoms with Crippen LogP contribution < -0.4 is 10.1 Å². The number of carbonyl (C=O) groups excluding carboxylic acids is 1. The van der Waals surface area contributed by atoms with Crippen LogP contribution in [0.1, 0.15) is 20.8 Å². The Morgan fingerprint density at radius 3 is 2.72 bits per heavy atom. The molecule has 0 aliphatic carbocycles. The summed E-state index contributed by atoms with van der Waals surface area (Å²) in [5, 5.41) is 7.14. The smallest absolute Gasteiger partial charge is 0.412 e. The van der Waals surface area contributed by atoms with Crippen LogP contribution in [0.15, 0.2) is 42.6 Å². The van der Waals surface area contributed by atoms with E-state index in [1.807, 2.05) is 45.0 Å². The van der Waals surface area contributed by atoms with Crippen molar-refractivity contribution in [2.45, 2.75) is 26.4 Å². The van der Waals surface area contributed by atoms with Crippen molar-refractivity contribution in [3.63, 3.8) is 0 Å². The Hall–Kier alpha value is -3.09. The Morgan fingerprint density at radius 1 is 1.20 bits per heavy atom. The molecule has 0 radical (unpaired) electrons. The molecular formula is C18H20N4O3. The third-order valence-corrected chi connectivity index (χ3v) is 3.31. The standard InChI is InChI=1S/C18H20N4O3/c1-18(2,3)25-17(23)19-13-8-9-22-15(11-13)20-16(21-22)12-6-5-7-14(10-12)24-4/h5-11H,1-4H3,(H,19,23). The summed E-state index contributed by atoms with van der Waals surface area (Å²) >= 11 is 0. The summed E-state index contributed by atoms with van der Waals surface area (Å²) in [7, 11) is 1.62. The number of ether oxygens (including phenoxy) is 2. The highest BCUT2D eigenvalue weighted by atomic mass is 16.6. The molecule has 1 N–H and O–H groups in total. The van der Waals surface area contributed by atoms with Gasteiger partial charge >= 0.3 is 6.09 Å². The molecule has 0 bridgehead atoms. The van der Waals surface area contributed by atoms with Gasteiger partial charge in [0.1, 0.15) is 11.4 Å². The summed E-state index contributed by atoms with van der Waals surface area (Å²) in [5.74, 6) is 1.32. The number of nitrogens with zero attached hydrogens (tertiary/aromatic N) is 3. The molecule has 0 saturated heterocycles. The van der Waals surface area contributed by atoms with E-state index in [0.29, 0.717) is 17.2 Å². The molecule has 1 aromatic carbocycles. The van der Waals surface area contributed by atoms with Gasteiger partial charge in [-0.2, -0.15) is 0 Å². The number of amides is 1. The quantitative estimate of drug-likeness (QED) is 0.785. The fraction of sp³-hybridized carbons (Fsp3) is 0.278. The fourth-order valence-electron chi connectivity index (χ4n) is 2.27. The molecule has 3 aromatic rings. The zero-order chi connectivity index (χ0) is 18.0. The Kier molecular flexibility index (Phi) is 4.31. The van der Waals surface area contributed by atoms with E-state index in [-0.39, 0.29) is 0 Å². The van der Waals surface area contributed by atoms with Gasteiger partial charge in [-0.3, -0.25) is 5.32 Å². The average Bonchev–Trinajstić information content (AvgIpc) is 2.96. The van der Waals surface area contributed by atoms with Crippen LogP contribution in [0, 0.1) is 0 Å². The second-order valence-corrected chi connectivity index (χ2v) is 6.51. The van der Waals surface area contributed by atoms with Crippen LogP contribution in [-0.4, -0.2) is 33.4 Å². The summed E-state index contributed by atoms with van der Waals surface area (Å²) in [4.78, 5) is 16.4. The molecule has 2 aromatic heterocycles. The number of pyridine rings is 1. The Morgan fingerprint density at radius 2 is 2.00 bits per heavy atom. The minimum atomic E-state index is -0.553. The van der Waals surface area contributed by atoms with E-state index in [2.05, 4.69) is 15.4 Å². The molecule has 0 aliphatic heterocycles. The maximum atomic E-state index is 11.9. The molecule has 0 atom stereocenters. The average molecular weight is 340 g/mol. The molecule has 1 amide bonds. The monoisotopic (exact) mass is 340 g/mol. The number of hydrogen-bond donors (Lipinski definition) is 1. The number of aromatic nitrogens is 3. The molecule has 0 saturated carbocycles. The number of fused-ring (bicyclic) bond motifs is 1. The highest BCUT2D eigenvalue weighted by molar-refractivity contribution is 5.85.